The molecule has 7 heterocycles. The summed E-state index contributed by atoms with van der Waals surface area (Å²) >= 11 is 0. The summed E-state index contributed by atoms with van der Waals surface area (Å²) in [4.78, 5) is 45.6. The molecular formula is C20H24N10O12P2. The summed E-state index contributed by atoms with van der Waals surface area (Å²) in [6, 6.07) is 0. The van der Waals surface area contributed by atoms with Crippen molar-refractivity contribution in [2.24, 2.45) is 0 Å². The molecule has 0 spiro atoms. The quantitative estimate of drug-likeness (QED) is 0.132. The number of aromatic nitrogens is 8. The summed E-state index contributed by atoms with van der Waals surface area (Å²) in [5, 5.41) is 22.0. The summed E-state index contributed by atoms with van der Waals surface area (Å²) in [6.45, 7) is 0. The van der Waals surface area contributed by atoms with Gasteiger partial charge in [-0.3, -0.25) is 27.3 Å². The molecule has 0 radical (unpaired) electrons. The van der Waals surface area contributed by atoms with Gasteiger partial charge in [-0.1, -0.05) is 0 Å². The van der Waals surface area contributed by atoms with E-state index in [1.54, 1.807) is 0 Å². The lowest BCUT2D eigenvalue weighted by molar-refractivity contribution is -0.169. The van der Waals surface area contributed by atoms with Crippen molar-refractivity contribution < 1.29 is 57.1 Å². The normalized spacial score (nSPS) is 38.3. The van der Waals surface area contributed by atoms with Crippen LogP contribution in [-0.2, 0) is 37.1 Å². The minimum atomic E-state index is -4.77. The van der Waals surface area contributed by atoms with Gasteiger partial charge in [0.25, 0.3) is 0 Å². The molecule has 3 saturated heterocycles. The maximum absolute atomic E-state index is 13.2. The lowest BCUT2D eigenvalue weighted by Crippen LogP contribution is -2.37. The van der Waals surface area contributed by atoms with Crippen molar-refractivity contribution in [3.63, 3.8) is 0 Å². The zero-order valence-corrected chi connectivity index (χ0v) is 23.8. The fourth-order valence-electron chi connectivity index (χ4n) is 5.08. The molecule has 0 aromatic carbocycles. The number of aliphatic hydroxyl groups excluding tert-OH is 2. The highest BCUT2D eigenvalue weighted by molar-refractivity contribution is 7.52. The molecule has 22 nitrogen and oxygen atoms in total. The first kappa shape index (κ1) is 29.5. The molecule has 3 aliphatic rings. The van der Waals surface area contributed by atoms with Gasteiger partial charge >= 0.3 is 15.2 Å². The predicted molar refractivity (Wildman–Crippen MR) is 141 cm³/mol. The third kappa shape index (κ3) is 5.04. The molecular weight excluding hydrogens is 634 g/mol. The lowest BCUT2D eigenvalue weighted by Gasteiger charge is -2.26. The number of hydrogen-bond acceptors (Lipinski definition) is 18. The van der Waals surface area contributed by atoms with Crippen LogP contribution in [0.4, 0.5) is 11.6 Å². The first-order valence-corrected chi connectivity index (χ1v) is 16.2. The largest absolute Gasteiger partial charge is 0.385 e. The van der Waals surface area contributed by atoms with Gasteiger partial charge in [0.1, 0.15) is 48.1 Å². The monoisotopic (exact) mass is 658 g/mol. The second-order valence-electron chi connectivity index (χ2n) is 9.94. The number of nitrogen functional groups attached to an aromatic ring is 2. The smallest absolute Gasteiger partial charge is 0.354 e. The van der Waals surface area contributed by atoms with E-state index in [2.05, 4.69) is 29.9 Å². The summed E-state index contributed by atoms with van der Waals surface area (Å²) in [5.74, 6) is 0.0594. The van der Waals surface area contributed by atoms with E-state index < -0.39 is 77.3 Å². The van der Waals surface area contributed by atoms with Crippen molar-refractivity contribution >= 4 is 49.2 Å². The van der Waals surface area contributed by atoms with Crippen LogP contribution < -0.4 is 11.5 Å². The van der Waals surface area contributed by atoms with E-state index in [9.17, 15) is 29.1 Å². The Morgan fingerprint density at radius 2 is 1.11 bits per heavy atom. The van der Waals surface area contributed by atoms with Gasteiger partial charge < -0.3 is 50.4 Å². The molecule has 7 rings (SSSR count). The summed E-state index contributed by atoms with van der Waals surface area (Å²) in [6.07, 6.45) is -10.4. The zero-order chi connectivity index (χ0) is 31.0. The molecule has 3 fully saturated rings. The Morgan fingerprint density at radius 3 is 1.52 bits per heavy atom. The highest BCUT2D eigenvalue weighted by atomic mass is 31.2. The van der Waals surface area contributed by atoms with E-state index in [1.165, 1.54) is 21.8 Å². The molecule has 4 aromatic rings. The first-order chi connectivity index (χ1) is 20.9. The molecule has 4 bridgehead atoms. The Morgan fingerprint density at radius 1 is 0.705 bits per heavy atom. The van der Waals surface area contributed by atoms with Crippen LogP contribution in [0, 0.1) is 0 Å². The first-order valence-electron chi connectivity index (χ1n) is 12.7. The van der Waals surface area contributed by atoms with Crippen LogP contribution in [0.3, 0.4) is 0 Å². The van der Waals surface area contributed by atoms with E-state index in [-0.39, 0.29) is 34.0 Å². The van der Waals surface area contributed by atoms with Crippen LogP contribution in [0.2, 0.25) is 0 Å². The van der Waals surface area contributed by atoms with Gasteiger partial charge in [-0.25, -0.2) is 29.9 Å². The van der Waals surface area contributed by atoms with Crippen LogP contribution in [0.25, 0.3) is 22.3 Å². The van der Waals surface area contributed by atoms with E-state index in [1.807, 2.05) is 0 Å². The molecule has 4 aromatic heterocycles. The minimum Gasteiger partial charge on any atom is -0.385 e. The maximum Gasteiger partial charge on any atom is 0.354 e. The molecule has 3 aliphatic heterocycles. The SMILES string of the molecule is Nc1ncnc2c1ncn2[C@@H]1O[C@@H]2OCP(=O)(O)O[C@@H]3[C@H](O)[C@@H](OCP(=O)(O)O[C@@H]1[C@@H]2O)O[C@H]3n1cnc2c(N)ncnc21. The third-order valence-corrected chi connectivity index (χ3v) is 9.14. The number of nitrogens with two attached hydrogens (primary N) is 2. The fraction of sp³-hybridized carbons (Fsp3) is 0.500. The standard InChI is InChI=1S/C20H24N10O12P2/c21-13-7-15(25-1-23-13)29(3-27-7)17-11-9(31)19(39-17)37-5-44(35,36)42-12-10(32)20(38-6-43(33,34)41-11)40-18(12)30-4-28-8-14(22)24-2-26-16(8)30/h1-4,9-12,17-20,31-32H,5-6H2,(H,33,34)(H,35,36)(H2,21,23,25)(H2,22,24,26)/t9-,10-,11+,12+,17+,18+,19-,20-/m0/s1. The van der Waals surface area contributed by atoms with Crippen LogP contribution in [0.1, 0.15) is 12.5 Å². The number of fused-ring (bicyclic) bond motifs is 6. The molecule has 44 heavy (non-hydrogen) atoms. The highest BCUT2D eigenvalue weighted by Crippen LogP contribution is 2.53. The van der Waals surface area contributed by atoms with Crippen molar-refractivity contribution in [3.05, 3.63) is 25.3 Å². The highest BCUT2D eigenvalue weighted by Gasteiger charge is 2.54. The van der Waals surface area contributed by atoms with Crippen LogP contribution in [0.5, 0.6) is 0 Å². The molecule has 0 aliphatic carbocycles. The topological polar surface area (TPSA) is 310 Å². The summed E-state index contributed by atoms with van der Waals surface area (Å²) in [5.41, 5.74) is 12.3. The molecule has 236 valence electrons. The number of anilines is 2. The van der Waals surface area contributed by atoms with Crippen LogP contribution >= 0.6 is 15.2 Å². The molecule has 10 atom stereocenters. The van der Waals surface area contributed by atoms with Gasteiger partial charge in [-0.2, -0.15) is 0 Å². The predicted octanol–water partition coefficient (Wildman–Crippen LogP) is -1.63. The van der Waals surface area contributed by atoms with Gasteiger partial charge in [0, 0.05) is 0 Å². The summed E-state index contributed by atoms with van der Waals surface area (Å²) in [7, 11) is -9.53. The number of nitrogens with zero attached hydrogens (tertiary/aromatic N) is 8. The zero-order valence-electron chi connectivity index (χ0n) is 22.0. The Bertz CT molecular complexity index is 1690. The number of imidazole rings is 2. The van der Waals surface area contributed by atoms with Crippen molar-refractivity contribution in [2.75, 3.05) is 24.2 Å². The van der Waals surface area contributed by atoms with Gasteiger partial charge in [0.15, 0.2) is 60.7 Å². The van der Waals surface area contributed by atoms with Crippen LogP contribution in [-0.4, -0.2) is 109 Å². The van der Waals surface area contributed by atoms with E-state index in [0.717, 1.165) is 12.7 Å². The fourth-order valence-corrected chi connectivity index (χ4v) is 7.09. The Balaban J connectivity index is 1.22. The van der Waals surface area contributed by atoms with E-state index in [4.69, 9.17) is 39.5 Å². The van der Waals surface area contributed by atoms with Crippen LogP contribution in [0.15, 0.2) is 25.3 Å². The lowest BCUT2D eigenvalue weighted by atomic mass is 10.2. The Kier molecular flexibility index (Phi) is 7.16. The number of ether oxygens (including phenoxy) is 4. The molecule has 0 amide bonds. The minimum absolute atomic E-state index is 0.0297. The van der Waals surface area contributed by atoms with Crippen molar-refractivity contribution in [1.82, 2.24) is 39.0 Å². The van der Waals surface area contributed by atoms with Crippen molar-refractivity contribution in [2.45, 2.75) is 49.5 Å². The number of aliphatic hydroxyl groups is 2. The second kappa shape index (κ2) is 10.7. The Labute approximate surface area is 244 Å². The average molecular weight is 658 g/mol. The number of rotatable bonds is 2. The molecule has 0 saturated carbocycles. The van der Waals surface area contributed by atoms with Crippen molar-refractivity contribution in [1.29, 1.82) is 0 Å². The molecule has 2 unspecified atom stereocenters. The van der Waals surface area contributed by atoms with Gasteiger partial charge in [0.05, 0.1) is 12.7 Å². The van der Waals surface area contributed by atoms with E-state index in [0.29, 0.717) is 0 Å². The van der Waals surface area contributed by atoms with E-state index >= 15 is 0 Å². The molecule has 24 heteroatoms. The van der Waals surface area contributed by atoms with Gasteiger partial charge in [-0.05, 0) is 0 Å². The van der Waals surface area contributed by atoms with Gasteiger partial charge in [-0.15, -0.1) is 0 Å². The van der Waals surface area contributed by atoms with Crippen molar-refractivity contribution in [3.8, 4) is 0 Å². The summed E-state index contributed by atoms with van der Waals surface area (Å²) < 4.78 is 62.2. The second-order valence-corrected chi connectivity index (χ2v) is 13.4. The maximum atomic E-state index is 13.2. The molecule has 8 N–H and O–H groups in total. The van der Waals surface area contributed by atoms with Gasteiger partial charge in [0.2, 0.25) is 0 Å². The third-order valence-electron chi connectivity index (χ3n) is 7.04. The average Bonchev–Trinajstić information content (AvgIpc) is 3.73. The number of hydrogen-bond donors (Lipinski definition) is 6. The Hall–Kier alpha value is -3.24.